The number of carbonyl (C=O) groups excluding carboxylic acids is 2. The molecule has 0 heterocycles. The molecule has 0 spiro atoms. The molecule has 0 saturated carbocycles. The van der Waals surface area contributed by atoms with Crippen LogP contribution in [0.4, 0.5) is 0 Å². The number of unbranched alkanes of at least 4 members (excludes halogenated alkanes) is 10. The fourth-order valence-electron chi connectivity index (χ4n) is 4.34. The molecule has 2 unspecified atom stereocenters. The maximum absolute atomic E-state index is 12.9. The monoisotopic (exact) mass is 544 g/mol. The molecule has 0 saturated heterocycles. The van der Waals surface area contributed by atoms with Crippen LogP contribution in [0, 0.1) is 10.8 Å². The first kappa shape index (κ1) is 42.6. The van der Waals surface area contributed by atoms with Gasteiger partial charge in [-0.25, -0.2) is 0 Å². The van der Waals surface area contributed by atoms with E-state index >= 15 is 0 Å². The van der Waals surface area contributed by atoms with Crippen molar-refractivity contribution in [3.05, 3.63) is 0 Å². The van der Waals surface area contributed by atoms with Crippen molar-refractivity contribution >= 4 is 82.2 Å². The molecule has 0 aromatic heterocycles. The standard InChI is InChI=1S/C31H60O4.K.Li.2H/c1-11-13-15-17-19-21-23-30(9,28(3,4)5)34-26(32)25-27(33)35-31(10,29(6,7)8)24-22-20-18-16-14-12-2;;;;/h11-25H2,1-10H3;;;;. The second-order valence-electron chi connectivity index (χ2n) is 13.1. The summed E-state index contributed by atoms with van der Waals surface area (Å²) >= 11 is 0. The summed E-state index contributed by atoms with van der Waals surface area (Å²) in [5, 5.41) is 0. The zero-order chi connectivity index (χ0) is 27.2. The molecule has 0 aromatic rings. The van der Waals surface area contributed by atoms with Crippen LogP contribution in [0.3, 0.4) is 0 Å². The van der Waals surface area contributed by atoms with Gasteiger partial charge in [0.2, 0.25) is 0 Å². The minimum atomic E-state index is -0.610. The molecule has 0 aliphatic heterocycles. The molecule has 0 bridgehead atoms. The summed E-state index contributed by atoms with van der Waals surface area (Å²) in [5.74, 6) is -0.955. The van der Waals surface area contributed by atoms with Gasteiger partial charge in [0.15, 0.2) is 0 Å². The molecule has 0 fully saturated rings. The van der Waals surface area contributed by atoms with Crippen molar-refractivity contribution in [1.82, 2.24) is 0 Å². The Balaban J connectivity index is -0.00000578. The first-order valence-electron chi connectivity index (χ1n) is 14.6. The van der Waals surface area contributed by atoms with Crippen LogP contribution in [0.5, 0.6) is 0 Å². The van der Waals surface area contributed by atoms with Crippen molar-refractivity contribution in [3.63, 3.8) is 0 Å². The number of esters is 2. The van der Waals surface area contributed by atoms with Crippen LogP contribution in [0.2, 0.25) is 0 Å². The predicted molar refractivity (Wildman–Crippen MR) is 163 cm³/mol. The molecule has 0 aliphatic carbocycles. The quantitative estimate of drug-likeness (QED) is 0.0754. The second-order valence-corrected chi connectivity index (χ2v) is 13.1. The molecule has 4 nitrogen and oxygen atoms in total. The Morgan fingerprint density at radius 3 is 1.05 bits per heavy atom. The molecule has 0 amide bonds. The predicted octanol–water partition coefficient (Wildman–Crippen LogP) is 8.28. The summed E-state index contributed by atoms with van der Waals surface area (Å²) in [7, 11) is 0. The Labute approximate surface area is 285 Å². The Morgan fingerprint density at radius 2 is 0.784 bits per heavy atom. The molecule has 2 atom stereocenters. The number of carbonyl (C=O) groups is 2. The molecular formula is C31H62KLiO4. The summed E-state index contributed by atoms with van der Waals surface area (Å²) in [6.45, 7) is 21.1. The average Bonchev–Trinajstić information content (AvgIpc) is 2.71. The van der Waals surface area contributed by atoms with E-state index in [0.29, 0.717) is 0 Å². The number of hydrogen-bond acceptors (Lipinski definition) is 4. The van der Waals surface area contributed by atoms with Crippen LogP contribution < -0.4 is 0 Å². The Morgan fingerprint density at radius 1 is 0.514 bits per heavy atom. The van der Waals surface area contributed by atoms with Crippen molar-refractivity contribution < 1.29 is 19.1 Å². The second kappa shape index (κ2) is 21.0. The van der Waals surface area contributed by atoms with Crippen LogP contribution >= 0.6 is 0 Å². The first-order chi connectivity index (χ1) is 16.1. The van der Waals surface area contributed by atoms with Crippen molar-refractivity contribution in [2.75, 3.05) is 0 Å². The average molecular weight is 545 g/mol. The van der Waals surface area contributed by atoms with E-state index in [1.165, 1.54) is 51.4 Å². The van der Waals surface area contributed by atoms with Gasteiger partial charge in [-0.05, 0) is 39.5 Å². The molecule has 212 valence electrons. The van der Waals surface area contributed by atoms with E-state index in [2.05, 4.69) is 55.4 Å². The third kappa shape index (κ3) is 17.6. The van der Waals surface area contributed by atoms with Gasteiger partial charge in [0.25, 0.3) is 0 Å². The van der Waals surface area contributed by atoms with Gasteiger partial charge in [-0.1, -0.05) is 120 Å². The summed E-state index contributed by atoms with van der Waals surface area (Å²) in [4.78, 5) is 25.7. The summed E-state index contributed by atoms with van der Waals surface area (Å²) < 4.78 is 12.0. The van der Waals surface area contributed by atoms with Gasteiger partial charge in [0, 0.05) is 10.8 Å². The molecule has 0 aromatic carbocycles. The number of rotatable bonds is 18. The van der Waals surface area contributed by atoms with E-state index in [1.54, 1.807) is 0 Å². The van der Waals surface area contributed by atoms with Crippen molar-refractivity contribution in [2.45, 2.75) is 177 Å². The van der Waals surface area contributed by atoms with Crippen LogP contribution in [-0.4, -0.2) is 93.4 Å². The molecule has 0 rings (SSSR count). The van der Waals surface area contributed by atoms with E-state index in [1.807, 2.05) is 13.8 Å². The molecular weight excluding hydrogens is 482 g/mol. The van der Waals surface area contributed by atoms with Crippen LogP contribution in [0.1, 0.15) is 166 Å². The van der Waals surface area contributed by atoms with E-state index in [4.69, 9.17) is 9.47 Å². The van der Waals surface area contributed by atoms with E-state index in [-0.39, 0.29) is 87.5 Å². The number of ether oxygens (including phenoxy) is 2. The zero-order valence-corrected chi connectivity index (χ0v) is 25.2. The molecule has 0 aliphatic rings. The van der Waals surface area contributed by atoms with E-state index < -0.39 is 23.1 Å². The molecule has 37 heavy (non-hydrogen) atoms. The topological polar surface area (TPSA) is 52.6 Å². The third-order valence-electron chi connectivity index (χ3n) is 8.15. The van der Waals surface area contributed by atoms with E-state index in [0.717, 1.165) is 38.5 Å². The van der Waals surface area contributed by atoms with Gasteiger partial charge in [-0.3, -0.25) is 9.59 Å². The van der Waals surface area contributed by atoms with Gasteiger partial charge < -0.3 is 9.47 Å². The van der Waals surface area contributed by atoms with E-state index in [9.17, 15) is 9.59 Å². The van der Waals surface area contributed by atoms with Gasteiger partial charge in [0.1, 0.15) is 17.6 Å². The fourth-order valence-corrected chi connectivity index (χ4v) is 4.34. The zero-order valence-electron chi connectivity index (χ0n) is 25.2. The minimum absolute atomic E-state index is 0. The summed E-state index contributed by atoms with van der Waals surface area (Å²) in [6.07, 6.45) is 15.6. The van der Waals surface area contributed by atoms with Gasteiger partial charge in [0.05, 0.1) is 0 Å². The van der Waals surface area contributed by atoms with Gasteiger partial charge >= 0.3 is 82.2 Å². The molecule has 0 N–H and O–H groups in total. The first-order valence-corrected chi connectivity index (χ1v) is 14.6. The summed E-state index contributed by atoms with van der Waals surface area (Å²) in [5.41, 5.74) is -1.65. The summed E-state index contributed by atoms with van der Waals surface area (Å²) in [6, 6.07) is 0. The van der Waals surface area contributed by atoms with Crippen molar-refractivity contribution in [3.8, 4) is 0 Å². The molecule has 6 heteroatoms. The van der Waals surface area contributed by atoms with Crippen molar-refractivity contribution in [2.24, 2.45) is 10.8 Å². The van der Waals surface area contributed by atoms with Crippen LogP contribution in [0.15, 0.2) is 0 Å². The SMILES string of the molecule is CCCCCCCCC(C)(OC(=O)CC(=O)OC(C)(CCCCCCCC)C(C)(C)C)C(C)(C)C.[KH].[LiH]. The number of hydrogen-bond donors (Lipinski definition) is 0. The van der Waals surface area contributed by atoms with Crippen LogP contribution in [-0.2, 0) is 19.1 Å². The fraction of sp³-hybridized carbons (Fsp3) is 0.935. The Hall–Kier alpha value is 1.17. The van der Waals surface area contributed by atoms with Gasteiger partial charge in [-0.15, -0.1) is 0 Å². The molecule has 0 radical (unpaired) electrons. The van der Waals surface area contributed by atoms with Crippen molar-refractivity contribution in [1.29, 1.82) is 0 Å². The third-order valence-corrected chi connectivity index (χ3v) is 8.15. The Kier molecular flexibility index (Phi) is 24.2. The maximum atomic E-state index is 12.9. The van der Waals surface area contributed by atoms with Crippen LogP contribution in [0.25, 0.3) is 0 Å². The Bertz CT molecular complexity index is 559. The van der Waals surface area contributed by atoms with Gasteiger partial charge in [-0.2, -0.15) is 0 Å². The normalized spacial score (nSPS) is 15.0.